The van der Waals surface area contributed by atoms with E-state index in [1.54, 1.807) is 0 Å². The molecular formula is C28H55FO7. The summed E-state index contributed by atoms with van der Waals surface area (Å²) in [5, 5.41) is 0. The highest BCUT2D eigenvalue weighted by Crippen LogP contribution is 2.13. The molecule has 7 nitrogen and oxygen atoms in total. The summed E-state index contributed by atoms with van der Waals surface area (Å²) < 4.78 is 43.4. The molecule has 0 unspecified atom stereocenters. The number of hydrogen-bond acceptors (Lipinski definition) is 7. The fourth-order valence-corrected chi connectivity index (χ4v) is 3.61. The van der Waals surface area contributed by atoms with Crippen molar-refractivity contribution in [2.24, 2.45) is 0 Å². The van der Waals surface area contributed by atoms with Gasteiger partial charge in [0, 0.05) is 6.42 Å². The van der Waals surface area contributed by atoms with Crippen molar-refractivity contribution in [2.75, 3.05) is 79.4 Å². The summed E-state index contributed by atoms with van der Waals surface area (Å²) in [7, 11) is 0. The van der Waals surface area contributed by atoms with E-state index < -0.39 is 6.67 Å². The molecule has 0 atom stereocenters. The van der Waals surface area contributed by atoms with Gasteiger partial charge in [0.2, 0.25) is 0 Å². The fraction of sp³-hybridized carbons (Fsp3) is 0.964. The smallest absolute Gasteiger partial charge is 0.305 e. The number of esters is 1. The quantitative estimate of drug-likeness (QED) is 0.0809. The molecule has 0 fully saturated rings. The first-order valence-corrected chi connectivity index (χ1v) is 14.4. The highest BCUT2D eigenvalue weighted by atomic mass is 19.1. The van der Waals surface area contributed by atoms with Gasteiger partial charge >= 0.3 is 5.97 Å². The summed E-state index contributed by atoms with van der Waals surface area (Å²) >= 11 is 0. The lowest BCUT2D eigenvalue weighted by molar-refractivity contribution is -0.145. The molecule has 0 saturated carbocycles. The summed E-state index contributed by atoms with van der Waals surface area (Å²) in [4.78, 5) is 11.8. The summed E-state index contributed by atoms with van der Waals surface area (Å²) in [6.45, 7) is 6.26. The Morgan fingerprint density at radius 3 is 1.19 bits per heavy atom. The van der Waals surface area contributed by atoms with Crippen LogP contribution in [0.3, 0.4) is 0 Å². The molecule has 216 valence electrons. The molecule has 0 aromatic heterocycles. The third kappa shape index (κ3) is 31.2. The lowest BCUT2D eigenvalue weighted by Crippen LogP contribution is -2.15. The van der Waals surface area contributed by atoms with Crippen LogP contribution in [0.25, 0.3) is 0 Å². The summed E-state index contributed by atoms with van der Waals surface area (Å²) in [6, 6.07) is 0. The van der Waals surface area contributed by atoms with Gasteiger partial charge in [-0.1, -0.05) is 84.0 Å². The average Bonchev–Trinajstić information content (AvgIpc) is 2.88. The minimum atomic E-state index is -0.471. The van der Waals surface area contributed by atoms with Crippen LogP contribution in [0.4, 0.5) is 4.39 Å². The van der Waals surface area contributed by atoms with Gasteiger partial charge < -0.3 is 28.4 Å². The van der Waals surface area contributed by atoms with Gasteiger partial charge in [-0.2, -0.15) is 0 Å². The topological polar surface area (TPSA) is 72.5 Å². The second-order valence-corrected chi connectivity index (χ2v) is 8.96. The minimum absolute atomic E-state index is 0.117. The summed E-state index contributed by atoms with van der Waals surface area (Å²) in [5.74, 6) is -0.133. The molecule has 0 amide bonds. The van der Waals surface area contributed by atoms with Crippen molar-refractivity contribution in [3.05, 3.63) is 0 Å². The van der Waals surface area contributed by atoms with Gasteiger partial charge in [-0.25, -0.2) is 4.39 Å². The van der Waals surface area contributed by atoms with E-state index in [1.165, 1.54) is 70.6 Å². The van der Waals surface area contributed by atoms with Crippen LogP contribution in [-0.2, 0) is 33.2 Å². The Balaban J connectivity index is 3.13. The Bertz CT molecular complexity index is 427. The molecule has 0 aliphatic heterocycles. The summed E-state index contributed by atoms with van der Waals surface area (Å²) in [6.07, 6.45) is 17.4. The first-order chi connectivity index (χ1) is 17.8. The van der Waals surface area contributed by atoms with Crippen molar-refractivity contribution >= 4 is 5.97 Å². The predicted octanol–water partition coefficient (Wildman–Crippen LogP) is 6.06. The van der Waals surface area contributed by atoms with E-state index in [1.807, 2.05) is 0 Å². The SMILES string of the molecule is CCCCCCCCCCCCCCCC(=O)OCCOCCOCCOCCOCCOCCF. The molecule has 36 heavy (non-hydrogen) atoms. The van der Waals surface area contributed by atoms with Crippen LogP contribution < -0.4 is 0 Å². The lowest BCUT2D eigenvalue weighted by Gasteiger charge is -2.08. The second-order valence-electron chi connectivity index (χ2n) is 8.96. The molecule has 0 aliphatic carbocycles. The lowest BCUT2D eigenvalue weighted by atomic mass is 10.0. The largest absolute Gasteiger partial charge is 0.463 e. The van der Waals surface area contributed by atoms with Crippen molar-refractivity contribution in [3.63, 3.8) is 0 Å². The number of hydrogen-bond donors (Lipinski definition) is 0. The van der Waals surface area contributed by atoms with E-state index in [0.717, 1.165) is 12.8 Å². The van der Waals surface area contributed by atoms with E-state index in [4.69, 9.17) is 28.4 Å². The molecule has 0 bridgehead atoms. The Kier molecular flexibility index (Phi) is 31.5. The molecule has 0 aromatic carbocycles. The standard InChI is InChI=1S/C28H55FO7/c1-2-3-4-5-6-7-8-9-10-11-12-13-14-15-28(30)36-27-26-35-25-24-34-23-22-33-21-20-32-19-18-31-17-16-29/h2-27H2,1H3. The van der Waals surface area contributed by atoms with Crippen LogP contribution in [0.1, 0.15) is 96.8 Å². The Morgan fingerprint density at radius 2 is 0.806 bits per heavy atom. The minimum Gasteiger partial charge on any atom is -0.463 e. The molecule has 0 spiro atoms. The van der Waals surface area contributed by atoms with Gasteiger partial charge in [-0.3, -0.25) is 4.79 Å². The van der Waals surface area contributed by atoms with Gasteiger partial charge in [-0.15, -0.1) is 0 Å². The molecule has 0 saturated heterocycles. The normalized spacial score (nSPS) is 11.3. The van der Waals surface area contributed by atoms with E-state index in [9.17, 15) is 9.18 Å². The van der Waals surface area contributed by atoms with E-state index in [0.29, 0.717) is 72.5 Å². The van der Waals surface area contributed by atoms with Crippen LogP contribution in [0, 0.1) is 0 Å². The monoisotopic (exact) mass is 522 g/mol. The van der Waals surface area contributed by atoms with E-state index in [2.05, 4.69) is 6.92 Å². The molecule has 0 aromatic rings. The predicted molar refractivity (Wildman–Crippen MR) is 141 cm³/mol. The van der Waals surface area contributed by atoms with Crippen molar-refractivity contribution < 1.29 is 37.6 Å². The molecule has 0 rings (SSSR count). The first-order valence-electron chi connectivity index (χ1n) is 14.4. The zero-order valence-corrected chi connectivity index (χ0v) is 23.1. The average molecular weight is 523 g/mol. The van der Waals surface area contributed by atoms with Crippen molar-refractivity contribution in [1.29, 1.82) is 0 Å². The van der Waals surface area contributed by atoms with E-state index >= 15 is 0 Å². The number of ether oxygens (including phenoxy) is 6. The Labute approximate surface area is 220 Å². The number of carbonyl (C=O) groups is 1. The zero-order chi connectivity index (χ0) is 26.2. The van der Waals surface area contributed by atoms with Crippen LogP contribution in [0.15, 0.2) is 0 Å². The Hall–Kier alpha value is -0.800. The van der Waals surface area contributed by atoms with Gasteiger partial charge in [0.15, 0.2) is 0 Å². The second kappa shape index (κ2) is 32.2. The van der Waals surface area contributed by atoms with Crippen LogP contribution in [0.5, 0.6) is 0 Å². The van der Waals surface area contributed by atoms with Crippen LogP contribution >= 0.6 is 0 Å². The third-order valence-electron chi connectivity index (χ3n) is 5.68. The van der Waals surface area contributed by atoms with E-state index in [-0.39, 0.29) is 12.6 Å². The molecule has 0 radical (unpaired) electrons. The summed E-state index contributed by atoms with van der Waals surface area (Å²) in [5.41, 5.74) is 0. The maximum absolute atomic E-state index is 11.8. The Morgan fingerprint density at radius 1 is 0.472 bits per heavy atom. The van der Waals surface area contributed by atoms with Gasteiger partial charge in [0.1, 0.15) is 13.3 Å². The van der Waals surface area contributed by atoms with Gasteiger partial charge in [-0.05, 0) is 6.42 Å². The van der Waals surface area contributed by atoms with Gasteiger partial charge in [0.05, 0.1) is 66.1 Å². The molecule has 0 aliphatic rings. The number of alkyl halides is 1. The first kappa shape index (κ1) is 35.2. The highest BCUT2D eigenvalue weighted by Gasteiger charge is 2.02. The maximum Gasteiger partial charge on any atom is 0.305 e. The maximum atomic E-state index is 11.8. The van der Waals surface area contributed by atoms with Crippen molar-refractivity contribution in [1.82, 2.24) is 0 Å². The van der Waals surface area contributed by atoms with Crippen molar-refractivity contribution in [2.45, 2.75) is 96.8 Å². The number of carbonyl (C=O) groups excluding carboxylic acids is 1. The molecule has 8 heteroatoms. The number of rotatable bonds is 31. The third-order valence-corrected chi connectivity index (χ3v) is 5.68. The number of unbranched alkanes of at least 4 members (excludes halogenated alkanes) is 12. The molecule has 0 heterocycles. The van der Waals surface area contributed by atoms with Gasteiger partial charge in [0.25, 0.3) is 0 Å². The highest BCUT2D eigenvalue weighted by molar-refractivity contribution is 5.69. The van der Waals surface area contributed by atoms with Crippen LogP contribution in [-0.4, -0.2) is 85.3 Å². The van der Waals surface area contributed by atoms with Crippen LogP contribution in [0.2, 0.25) is 0 Å². The number of halogens is 1. The molecule has 0 N–H and O–H groups in total. The fourth-order valence-electron chi connectivity index (χ4n) is 3.61. The zero-order valence-electron chi connectivity index (χ0n) is 23.1. The van der Waals surface area contributed by atoms with Crippen molar-refractivity contribution in [3.8, 4) is 0 Å². The molecular weight excluding hydrogens is 467 g/mol.